The number of ether oxygens (including phenoxy) is 1. The lowest BCUT2D eigenvalue weighted by atomic mass is 10.2. The Morgan fingerprint density at radius 2 is 1.96 bits per heavy atom. The molecule has 1 N–H and O–H groups in total. The van der Waals surface area contributed by atoms with Crippen LogP contribution in [0, 0.1) is 13.8 Å². The molecule has 0 aliphatic carbocycles. The van der Waals surface area contributed by atoms with Crippen molar-refractivity contribution in [2.24, 2.45) is 0 Å². The minimum atomic E-state index is -0.562. The Morgan fingerprint density at radius 1 is 1.15 bits per heavy atom. The summed E-state index contributed by atoms with van der Waals surface area (Å²) in [5, 5.41) is 5.88. The van der Waals surface area contributed by atoms with E-state index >= 15 is 0 Å². The highest BCUT2D eigenvalue weighted by Gasteiger charge is 2.35. The third-order valence-electron chi connectivity index (χ3n) is 4.12. The summed E-state index contributed by atoms with van der Waals surface area (Å²) in [7, 11) is 0. The van der Waals surface area contributed by atoms with Crippen molar-refractivity contribution in [1.29, 1.82) is 0 Å². The summed E-state index contributed by atoms with van der Waals surface area (Å²) in [6.45, 7) is 5.83. The summed E-state index contributed by atoms with van der Waals surface area (Å²) in [5.74, 6) is -0.321. The van der Waals surface area contributed by atoms with Gasteiger partial charge in [0.25, 0.3) is 5.91 Å². The van der Waals surface area contributed by atoms with Gasteiger partial charge in [0, 0.05) is 6.07 Å². The van der Waals surface area contributed by atoms with E-state index in [2.05, 4.69) is 20.5 Å². The summed E-state index contributed by atoms with van der Waals surface area (Å²) in [6, 6.07) is 7.74. The van der Waals surface area contributed by atoms with Gasteiger partial charge in [0.15, 0.2) is 5.82 Å². The Kier molecular flexibility index (Phi) is 3.98. The molecule has 1 aromatic carbocycles. The third kappa shape index (κ3) is 3.19. The van der Waals surface area contributed by atoms with Crippen LogP contribution in [0.15, 0.2) is 24.3 Å². The van der Waals surface area contributed by atoms with Crippen LogP contribution in [0.3, 0.4) is 0 Å². The van der Waals surface area contributed by atoms with Crippen LogP contribution in [0.2, 0.25) is 0 Å². The van der Waals surface area contributed by atoms with Gasteiger partial charge >= 0.3 is 5.97 Å². The topological polar surface area (TPSA) is 102 Å². The zero-order chi connectivity index (χ0) is 19.1. The Bertz CT molecular complexity index is 1050. The molecule has 2 aromatic heterocycles. The fourth-order valence-corrected chi connectivity index (χ4v) is 2.83. The Morgan fingerprint density at radius 3 is 2.67 bits per heavy atom. The second kappa shape index (κ2) is 6.35. The van der Waals surface area contributed by atoms with E-state index in [-0.39, 0.29) is 13.0 Å². The number of carbonyl (C=O) groups excluding carboxylic acids is 2. The summed E-state index contributed by atoms with van der Waals surface area (Å²) >= 11 is 0. The number of hydrogen-bond acceptors (Lipinski definition) is 7. The maximum Gasteiger partial charge on any atom is 0.315 e. The molecular formula is C18H18N6O3. The molecule has 3 aromatic rings. The van der Waals surface area contributed by atoms with Gasteiger partial charge in [0.1, 0.15) is 17.8 Å². The van der Waals surface area contributed by atoms with Gasteiger partial charge in [-0.05, 0) is 38.5 Å². The Hall–Kier alpha value is -3.49. The standard InChI is InChI=1S/C18H18N6O3/c1-4-27-17(26)9-15(25)22-24-16-8-14(21-23(16)24)18-11(3)19-12-6-5-10(2)7-13(12)20-18/h5-8H,4,9H2,1-3H3,(H,22,25). The molecule has 1 aliphatic rings. The second-order valence-electron chi connectivity index (χ2n) is 6.26. The summed E-state index contributed by atoms with van der Waals surface area (Å²) in [5.41, 5.74) is 7.49. The number of hydrogen-bond donors (Lipinski definition) is 1. The molecular weight excluding hydrogens is 348 g/mol. The van der Waals surface area contributed by atoms with Gasteiger partial charge in [-0.2, -0.15) is 0 Å². The van der Waals surface area contributed by atoms with E-state index in [0.717, 1.165) is 22.3 Å². The van der Waals surface area contributed by atoms with Crippen LogP contribution >= 0.6 is 0 Å². The van der Waals surface area contributed by atoms with Gasteiger partial charge in [-0.15, -0.1) is 15.0 Å². The first kappa shape index (κ1) is 17.0. The zero-order valence-corrected chi connectivity index (χ0v) is 15.2. The Labute approximate surface area is 154 Å². The van der Waals surface area contributed by atoms with Crippen molar-refractivity contribution < 1.29 is 14.3 Å². The lowest BCUT2D eigenvalue weighted by molar-refractivity contribution is -0.145. The molecule has 3 heterocycles. The SMILES string of the molecule is CCOC(=O)CC(=O)NN1c2cc(-c3nc4cc(C)ccc4nc3C)nn21. The Balaban J connectivity index is 1.49. The van der Waals surface area contributed by atoms with Crippen molar-refractivity contribution in [1.82, 2.24) is 25.3 Å². The van der Waals surface area contributed by atoms with Gasteiger partial charge in [-0.25, -0.2) is 15.4 Å². The van der Waals surface area contributed by atoms with E-state index in [1.807, 2.05) is 38.1 Å². The molecule has 0 saturated carbocycles. The predicted molar refractivity (Wildman–Crippen MR) is 97.5 cm³/mol. The van der Waals surface area contributed by atoms with Crippen molar-refractivity contribution in [3.05, 3.63) is 35.5 Å². The molecule has 1 aliphatic heterocycles. The average Bonchev–Trinajstić information content (AvgIpc) is 3.04. The maximum atomic E-state index is 11.8. The quantitative estimate of drug-likeness (QED) is 0.416. The largest absolute Gasteiger partial charge is 0.466 e. The number of hydrazine groups is 1. The molecule has 27 heavy (non-hydrogen) atoms. The number of anilines is 1. The number of nitrogens with one attached hydrogen (secondary N) is 1. The van der Waals surface area contributed by atoms with Crippen LogP contribution in [-0.2, 0) is 14.3 Å². The lowest BCUT2D eigenvalue weighted by Crippen LogP contribution is -2.36. The molecule has 0 unspecified atom stereocenters. The number of fused-ring (bicyclic) bond motifs is 2. The van der Waals surface area contributed by atoms with Gasteiger partial charge < -0.3 is 4.74 Å². The number of benzene rings is 1. The van der Waals surface area contributed by atoms with E-state index in [1.54, 1.807) is 6.92 Å². The van der Waals surface area contributed by atoms with E-state index in [9.17, 15) is 9.59 Å². The highest BCUT2D eigenvalue weighted by atomic mass is 16.5. The average molecular weight is 366 g/mol. The van der Waals surface area contributed by atoms with E-state index in [1.165, 1.54) is 9.91 Å². The van der Waals surface area contributed by atoms with Crippen LogP contribution in [0.25, 0.3) is 22.4 Å². The second-order valence-corrected chi connectivity index (χ2v) is 6.26. The first-order valence-corrected chi connectivity index (χ1v) is 8.57. The molecule has 0 atom stereocenters. The molecule has 0 radical (unpaired) electrons. The van der Waals surface area contributed by atoms with Gasteiger partial charge in [0.05, 0.1) is 23.3 Å². The minimum absolute atomic E-state index is 0.242. The maximum absolute atomic E-state index is 11.8. The minimum Gasteiger partial charge on any atom is -0.466 e. The number of carbonyl (C=O) groups is 2. The normalized spacial score (nSPS) is 12.0. The van der Waals surface area contributed by atoms with Crippen molar-refractivity contribution in [2.75, 3.05) is 11.7 Å². The number of esters is 1. The van der Waals surface area contributed by atoms with E-state index in [0.29, 0.717) is 17.2 Å². The molecule has 0 bridgehead atoms. The van der Waals surface area contributed by atoms with Crippen molar-refractivity contribution >= 4 is 28.7 Å². The summed E-state index contributed by atoms with van der Waals surface area (Å²) in [6.07, 6.45) is -0.337. The number of nitrogens with zero attached hydrogens (tertiary/aromatic N) is 5. The molecule has 1 amide bonds. The predicted octanol–water partition coefficient (Wildman–Crippen LogP) is 1.68. The van der Waals surface area contributed by atoms with Gasteiger partial charge in [-0.1, -0.05) is 6.07 Å². The van der Waals surface area contributed by atoms with Crippen molar-refractivity contribution in [3.63, 3.8) is 0 Å². The molecule has 0 saturated heterocycles. The van der Waals surface area contributed by atoms with Gasteiger partial charge in [-0.3, -0.25) is 9.59 Å². The monoisotopic (exact) mass is 366 g/mol. The fraction of sp³-hybridized carbons (Fsp3) is 0.278. The number of amides is 1. The number of rotatable bonds is 5. The molecule has 9 nitrogen and oxygen atoms in total. The molecule has 9 heteroatoms. The van der Waals surface area contributed by atoms with Crippen LogP contribution in [0.4, 0.5) is 5.82 Å². The zero-order valence-electron chi connectivity index (χ0n) is 15.2. The van der Waals surface area contributed by atoms with Gasteiger partial charge in [0.2, 0.25) is 0 Å². The molecule has 4 rings (SSSR count). The third-order valence-corrected chi connectivity index (χ3v) is 4.12. The number of aryl methyl sites for hydroxylation is 2. The van der Waals surface area contributed by atoms with E-state index < -0.39 is 11.9 Å². The molecule has 0 fully saturated rings. The first-order valence-electron chi connectivity index (χ1n) is 8.57. The highest BCUT2D eigenvalue weighted by Crippen LogP contribution is 2.33. The fourth-order valence-electron chi connectivity index (χ4n) is 2.83. The van der Waals surface area contributed by atoms with Crippen LogP contribution in [0.1, 0.15) is 24.6 Å². The van der Waals surface area contributed by atoms with Crippen molar-refractivity contribution in [3.8, 4) is 11.4 Å². The molecule has 138 valence electrons. The lowest BCUT2D eigenvalue weighted by Gasteiger charge is -2.08. The van der Waals surface area contributed by atoms with Crippen LogP contribution in [-0.4, -0.2) is 38.3 Å². The first-order chi connectivity index (χ1) is 13.0. The number of aromatic nitrogens is 4. The van der Waals surface area contributed by atoms with Crippen LogP contribution < -0.4 is 10.5 Å². The van der Waals surface area contributed by atoms with E-state index in [4.69, 9.17) is 4.74 Å². The molecule has 0 spiro atoms. The van der Waals surface area contributed by atoms with Crippen LogP contribution in [0.5, 0.6) is 0 Å². The van der Waals surface area contributed by atoms with Crippen molar-refractivity contribution in [2.45, 2.75) is 27.2 Å². The highest BCUT2D eigenvalue weighted by molar-refractivity contribution is 5.95. The summed E-state index contributed by atoms with van der Waals surface area (Å²) in [4.78, 5) is 34.0. The summed E-state index contributed by atoms with van der Waals surface area (Å²) < 4.78 is 4.75. The smallest absolute Gasteiger partial charge is 0.315 e.